The zero-order valence-electron chi connectivity index (χ0n) is 11.2. The second-order valence-corrected chi connectivity index (χ2v) is 7.42. The number of nitrogens with one attached hydrogen (secondary N) is 1. The van der Waals surface area contributed by atoms with Gasteiger partial charge in [0.05, 0.1) is 11.5 Å². The number of hydrogen-bond acceptors (Lipinski definition) is 5. The molecule has 2 N–H and O–H groups in total. The number of aromatic nitrogens is 2. The molecule has 0 aliphatic carbocycles. The first-order chi connectivity index (χ1) is 9.96. The molecule has 112 valence electrons. The molecule has 1 saturated heterocycles. The van der Waals surface area contributed by atoms with E-state index >= 15 is 0 Å². The molecule has 1 aliphatic rings. The lowest BCUT2D eigenvalue weighted by Gasteiger charge is -2.23. The third kappa shape index (κ3) is 2.71. The fourth-order valence-electron chi connectivity index (χ4n) is 2.53. The van der Waals surface area contributed by atoms with Gasteiger partial charge in [0, 0.05) is 12.2 Å². The average Bonchev–Trinajstić information content (AvgIpc) is 2.79. The van der Waals surface area contributed by atoms with E-state index in [9.17, 15) is 18.3 Å². The predicted octanol–water partition coefficient (Wildman–Crippen LogP) is 1.02. The highest BCUT2D eigenvalue weighted by Crippen LogP contribution is 2.22. The molecule has 2 aromatic heterocycles. The summed E-state index contributed by atoms with van der Waals surface area (Å²) < 4.78 is 24.4. The van der Waals surface area contributed by atoms with Crippen LogP contribution in [0.2, 0.25) is 0 Å². The van der Waals surface area contributed by atoms with Crippen molar-refractivity contribution in [1.29, 1.82) is 0 Å². The van der Waals surface area contributed by atoms with E-state index < -0.39 is 15.8 Å². The number of carbonyl (C=O) groups is 1. The zero-order chi connectivity index (χ0) is 15.0. The largest absolute Gasteiger partial charge is 0.476 e. The fraction of sp³-hybridized carbons (Fsp3) is 0.385. The summed E-state index contributed by atoms with van der Waals surface area (Å²) in [5, 5.41) is 12.4. The summed E-state index contributed by atoms with van der Waals surface area (Å²) in [6, 6.07) is 5.17. The van der Waals surface area contributed by atoms with Crippen molar-refractivity contribution in [3.8, 4) is 0 Å². The van der Waals surface area contributed by atoms with Gasteiger partial charge >= 0.3 is 5.97 Å². The Bertz CT molecular complexity index is 783. The number of hydrogen-bond donors (Lipinski definition) is 2. The van der Waals surface area contributed by atoms with Gasteiger partial charge in [-0.25, -0.2) is 18.2 Å². The first kappa shape index (κ1) is 13.9. The topological polar surface area (TPSA) is 101 Å². The number of nitrogens with zero attached hydrogens (tertiary/aromatic N) is 2. The summed E-state index contributed by atoms with van der Waals surface area (Å²) in [4.78, 5) is 15.7. The summed E-state index contributed by atoms with van der Waals surface area (Å²) in [5.41, 5.74) is 0.611. The predicted molar refractivity (Wildman–Crippen MR) is 77.4 cm³/mol. The molecule has 0 bridgehead atoms. The van der Waals surface area contributed by atoms with E-state index in [4.69, 9.17) is 0 Å². The van der Waals surface area contributed by atoms with Crippen LogP contribution in [-0.2, 0) is 9.84 Å². The molecule has 1 fully saturated rings. The van der Waals surface area contributed by atoms with Crippen LogP contribution in [0.15, 0.2) is 24.4 Å². The molecule has 0 unspecified atom stereocenters. The third-order valence-electron chi connectivity index (χ3n) is 3.63. The lowest BCUT2D eigenvalue weighted by Crippen LogP contribution is -2.32. The van der Waals surface area contributed by atoms with E-state index in [1.165, 1.54) is 4.40 Å². The number of pyridine rings is 1. The molecule has 7 nitrogen and oxygen atoms in total. The standard InChI is InChI=1S/C13H15N3O4S/c17-13(18)11-12(15-10-3-1-2-6-16(10)11)14-9-4-7-21(19,20)8-5-9/h1-3,6,9,14H,4-5,7-8H2,(H,17,18). The number of aromatic carboxylic acids is 1. The molecule has 2 aromatic rings. The maximum atomic E-state index is 11.4. The summed E-state index contributed by atoms with van der Waals surface area (Å²) in [5.74, 6) is -0.529. The highest BCUT2D eigenvalue weighted by atomic mass is 32.2. The molecule has 0 aromatic carbocycles. The second kappa shape index (κ2) is 5.03. The molecule has 0 radical (unpaired) electrons. The van der Waals surface area contributed by atoms with Gasteiger partial charge in [0.1, 0.15) is 15.5 Å². The number of anilines is 1. The quantitative estimate of drug-likeness (QED) is 0.878. The number of imidazole rings is 1. The lowest BCUT2D eigenvalue weighted by atomic mass is 10.1. The van der Waals surface area contributed by atoms with Gasteiger partial charge in [0.25, 0.3) is 0 Å². The molecular weight excluding hydrogens is 294 g/mol. The van der Waals surface area contributed by atoms with Crippen molar-refractivity contribution in [2.24, 2.45) is 0 Å². The molecule has 3 rings (SSSR count). The maximum absolute atomic E-state index is 11.4. The highest BCUT2D eigenvalue weighted by Gasteiger charge is 2.26. The minimum absolute atomic E-state index is 0.0685. The summed E-state index contributed by atoms with van der Waals surface area (Å²) in [7, 11) is -2.94. The van der Waals surface area contributed by atoms with Crippen LogP contribution in [0.4, 0.5) is 5.82 Å². The van der Waals surface area contributed by atoms with E-state index in [1.807, 2.05) is 0 Å². The van der Waals surface area contributed by atoms with Gasteiger partial charge in [-0.3, -0.25) is 4.40 Å². The Morgan fingerprint density at radius 1 is 1.33 bits per heavy atom. The smallest absolute Gasteiger partial charge is 0.356 e. The molecule has 0 amide bonds. The van der Waals surface area contributed by atoms with Crippen molar-refractivity contribution >= 4 is 27.3 Å². The molecule has 21 heavy (non-hydrogen) atoms. The van der Waals surface area contributed by atoms with Crippen LogP contribution in [0.3, 0.4) is 0 Å². The molecule has 0 spiro atoms. The number of carboxylic acids is 1. The first-order valence-corrected chi connectivity index (χ1v) is 8.46. The Balaban J connectivity index is 1.90. The second-order valence-electron chi connectivity index (χ2n) is 5.11. The lowest BCUT2D eigenvalue weighted by molar-refractivity contribution is 0.0690. The Labute approximate surface area is 121 Å². The first-order valence-electron chi connectivity index (χ1n) is 6.63. The van der Waals surface area contributed by atoms with Gasteiger partial charge in [-0.2, -0.15) is 0 Å². The molecular formula is C13H15N3O4S. The van der Waals surface area contributed by atoms with Crippen molar-refractivity contribution in [2.75, 3.05) is 16.8 Å². The van der Waals surface area contributed by atoms with Crippen molar-refractivity contribution in [3.05, 3.63) is 30.1 Å². The van der Waals surface area contributed by atoms with Crippen LogP contribution in [0.1, 0.15) is 23.3 Å². The summed E-state index contributed by atoms with van der Waals surface area (Å²) in [6.45, 7) is 0. The number of rotatable bonds is 3. The van der Waals surface area contributed by atoms with Gasteiger partial charge in [0.15, 0.2) is 11.5 Å². The number of fused-ring (bicyclic) bond motifs is 1. The number of carboxylic acid groups (broad SMARTS) is 1. The molecule has 0 atom stereocenters. The molecule has 8 heteroatoms. The Morgan fingerprint density at radius 3 is 2.71 bits per heavy atom. The molecule has 3 heterocycles. The SMILES string of the molecule is O=C(O)c1c(NC2CCS(=O)(=O)CC2)nc2ccccn12. The van der Waals surface area contributed by atoms with Crippen molar-refractivity contribution < 1.29 is 18.3 Å². The molecule has 0 saturated carbocycles. The van der Waals surface area contributed by atoms with Crippen LogP contribution in [0.25, 0.3) is 5.65 Å². The minimum Gasteiger partial charge on any atom is -0.476 e. The van der Waals surface area contributed by atoms with E-state index in [-0.39, 0.29) is 29.1 Å². The molecule has 1 aliphatic heterocycles. The van der Waals surface area contributed by atoms with Gasteiger partial charge in [-0.05, 0) is 25.0 Å². The van der Waals surface area contributed by atoms with E-state index in [1.54, 1.807) is 24.4 Å². The summed E-state index contributed by atoms with van der Waals surface area (Å²) >= 11 is 0. The van der Waals surface area contributed by atoms with E-state index in [2.05, 4.69) is 10.3 Å². The van der Waals surface area contributed by atoms with Crippen molar-refractivity contribution in [1.82, 2.24) is 9.38 Å². The van der Waals surface area contributed by atoms with Gasteiger partial charge in [-0.15, -0.1) is 0 Å². The van der Waals surface area contributed by atoms with E-state index in [0.717, 1.165) is 0 Å². The van der Waals surface area contributed by atoms with E-state index in [0.29, 0.717) is 18.5 Å². The normalized spacial score (nSPS) is 18.7. The average molecular weight is 309 g/mol. The highest BCUT2D eigenvalue weighted by molar-refractivity contribution is 7.91. The van der Waals surface area contributed by atoms with Crippen LogP contribution < -0.4 is 5.32 Å². The number of sulfone groups is 1. The van der Waals surface area contributed by atoms with Gasteiger partial charge in [-0.1, -0.05) is 6.07 Å². The van der Waals surface area contributed by atoms with Gasteiger partial charge in [0.2, 0.25) is 0 Å². The monoisotopic (exact) mass is 309 g/mol. The van der Waals surface area contributed by atoms with Crippen molar-refractivity contribution in [2.45, 2.75) is 18.9 Å². The third-order valence-corrected chi connectivity index (χ3v) is 5.34. The van der Waals surface area contributed by atoms with Crippen molar-refractivity contribution in [3.63, 3.8) is 0 Å². The fourth-order valence-corrected chi connectivity index (χ4v) is 4.02. The Kier molecular flexibility index (Phi) is 3.32. The maximum Gasteiger partial charge on any atom is 0.356 e. The van der Waals surface area contributed by atoms with Gasteiger partial charge < -0.3 is 10.4 Å². The Hall–Kier alpha value is -2.09. The Morgan fingerprint density at radius 2 is 2.05 bits per heavy atom. The summed E-state index contributed by atoms with van der Waals surface area (Å²) in [6.07, 6.45) is 2.58. The van der Waals surface area contributed by atoms with Crippen LogP contribution in [-0.4, -0.2) is 46.4 Å². The zero-order valence-corrected chi connectivity index (χ0v) is 12.0. The van der Waals surface area contributed by atoms with Crippen LogP contribution in [0, 0.1) is 0 Å². The van der Waals surface area contributed by atoms with Crippen LogP contribution >= 0.6 is 0 Å². The van der Waals surface area contributed by atoms with Crippen LogP contribution in [0.5, 0.6) is 0 Å². The minimum atomic E-state index is -2.94.